The molecule has 0 saturated heterocycles. The summed E-state index contributed by atoms with van der Waals surface area (Å²) in [4.78, 5) is 1.40. The van der Waals surface area contributed by atoms with Gasteiger partial charge in [0.2, 0.25) is 0 Å². The molecule has 0 saturated carbocycles. The van der Waals surface area contributed by atoms with Crippen LogP contribution in [0.2, 0.25) is 0 Å². The molecule has 1 aromatic rings. The van der Waals surface area contributed by atoms with Gasteiger partial charge in [-0.1, -0.05) is 19.9 Å². The second-order valence-electron chi connectivity index (χ2n) is 3.83. The molecule has 0 atom stereocenters. The Hall–Kier alpha value is -0.430. The van der Waals surface area contributed by atoms with E-state index in [0.717, 1.165) is 0 Å². The largest absolute Gasteiger partial charge is 0.129 e. The number of aryl methyl sites for hydroxylation is 2. The van der Waals surface area contributed by atoms with E-state index in [1.807, 2.05) is 11.8 Å². The monoisotopic (exact) mass is 194 g/mol. The molecule has 1 rings (SSSR count). The molecule has 0 fully saturated rings. The summed E-state index contributed by atoms with van der Waals surface area (Å²) >= 11 is 1.83. The van der Waals surface area contributed by atoms with Gasteiger partial charge in [0.25, 0.3) is 0 Å². The molecule has 0 aliphatic rings. The molecule has 0 amide bonds. The molecule has 0 N–H and O–H groups in total. The second-order valence-corrected chi connectivity index (χ2v) is 4.68. The minimum absolute atomic E-state index is 0.634. The normalized spacial score (nSPS) is 10.9. The summed E-state index contributed by atoms with van der Waals surface area (Å²) in [5.41, 5.74) is 4.31. The molecule has 13 heavy (non-hydrogen) atoms. The van der Waals surface area contributed by atoms with E-state index >= 15 is 0 Å². The molecule has 0 spiro atoms. The maximum Gasteiger partial charge on any atom is 0.0101 e. The van der Waals surface area contributed by atoms with Gasteiger partial charge in [0.1, 0.15) is 0 Å². The topological polar surface area (TPSA) is 0 Å². The Morgan fingerprint density at radius 3 is 2.15 bits per heavy atom. The number of hydrogen-bond acceptors (Lipinski definition) is 1. The molecule has 0 aromatic heterocycles. The van der Waals surface area contributed by atoms with Crippen LogP contribution in [-0.2, 0) is 0 Å². The molecule has 0 aliphatic carbocycles. The third-order valence-corrected chi connectivity index (χ3v) is 3.29. The van der Waals surface area contributed by atoms with Crippen molar-refractivity contribution in [1.29, 1.82) is 0 Å². The van der Waals surface area contributed by atoms with E-state index in [1.165, 1.54) is 21.6 Å². The van der Waals surface area contributed by atoms with Crippen LogP contribution in [0.25, 0.3) is 0 Å². The Morgan fingerprint density at radius 1 is 1.08 bits per heavy atom. The molecular weight excluding hydrogens is 176 g/mol. The van der Waals surface area contributed by atoms with Gasteiger partial charge in [-0.2, -0.15) is 0 Å². The van der Waals surface area contributed by atoms with Crippen LogP contribution in [0.3, 0.4) is 0 Å². The van der Waals surface area contributed by atoms with Crippen molar-refractivity contribution in [1.82, 2.24) is 0 Å². The van der Waals surface area contributed by atoms with Crippen molar-refractivity contribution >= 4 is 11.8 Å². The average molecular weight is 194 g/mol. The minimum atomic E-state index is 0.634. The number of thioether (sulfide) groups is 1. The van der Waals surface area contributed by atoms with Crippen molar-refractivity contribution in [3.05, 3.63) is 28.8 Å². The molecule has 0 unspecified atom stereocenters. The van der Waals surface area contributed by atoms with Crippen molar-refractivity contribution in [2.24, 2.45) is 0 Å². The van der Waals surface area contributed by atoms with Crippen LogP contribution in [0, 0.1) is 13.8 Å². The molecule has 0 bridgehead atoms. The lowest BCUT2D eigenvalue weighted by atomic mass is 9.96. The zero-order valence-corrected chi connectivity index (χ0v) is 9.96. The summed E-state index contributed by atoms with van der Waals surface area (Å²) in [5.74, 6) is 0.634. The van der Waals surface area contributed by atoms with Crippen molar-refractivity contribution in [3.63, 3.8) is 0 Å². The summed E-state index contributed by atoms with van der Waals surface area (Å²) in [6, 6.07) is 4.63. The number of rotatable bonds is 2. The van der Waals surface area contributed by atoms with Gasteiger partial charge in [-0.05, 0) is 48.8 Å². The highest BCUT2D eigenvalue weighted by Crippen LogP contribution is 2.27. The zero-order valence-electron chi connectivity index (χ0n) is 9.14. The molecule has 1 heteroatoms. The van der Waals surface area contributed by atoms with Crippen LogP contribution in [0.5, 0.6) is 0 Å². The zero-order chi connectivity index (χ0) is 10.0. The Kier molecular flexibility index (Phi) is 3.43. The van der Waals surface area contributed by atoms with E-state index < -0.39 is 0 Å². The first kappa shape index (κ1) is 10.6. The molecule has 1 aromatic carbocycles. The van der Waals surface area contributed by atoms with Gasteiger partial charge in [0, 0.05) is 4.90 Å². The third kappa shape index (κ3) is 2.28. The lowest BCUT2D eigenvalue weighted by molar-refractivity contribution is 0.851. The van der Waals surface area contributed by atoms with Gasteiger partial charge in [-0.3, -0.25) is 0 Å². The highest BCUT2D eigenvalue weighted by molar-refractivity contribution is 7.98. The van der Waals surface area contributed by atoms with Gasteiger partial charge < -0.3 is 0 Å². The van der Waals surface area contributed by atoms with Gasteiger partial charge in [-0.15, -0.1) is 11.8 Å². The highest BCUT2D eigenvalue weighted by Gasteiger charge is 2.06. The Balaban J connectivity index is 3.20. The van der Waals surface area contributed by atoms with E-state index in [0.29, 0.717) is 5.92 Å². The van der Waals surface area contributed by atoms with E-state index in [4.69, 9.17) is 0 Å². The Bertz CT molecular complexity index is 300. The SMILES string of the molecule is CSc1cc(C)c(C(C)C)cc1C. The van der Waals surface area contributed by atoms with Crippen molar-refractivity contribution < 1.29 is 0 Å². The van der Waals surface area contributed by atoms with Crippen LogP contribution in [0.4, 0.5) is 0 Å². The maximum absolute atomic E-state index is 2.33. The molecular formula is C12H18S. The summed E-state index contributed by atoms with van der Waals surface area (Å²) in [6.45, 7) is 8.90. The smallest absolute Gasteiger partial charge is 0.0101 e. The fourth-order valence-electron chi connectivity index (χ4n) is 1.65. The first-order valence-electron chi connectivity index (χ1n) is 4.71. The van der Waals surface area contributed by atoms with Crippen LogP contribution in [0.1, 0.15) is 36.5 Å². The van der Waals surface area contributed by atoms with E-state index in [-0.39, 0.29) is 0 Å². The highest BCUT2D eigenvalue weighted by atomic mass is 32.2. The number of hydrogen-bond donors (Lipinski definition) is 0. The fourth-order valence-corrected chi connectivity index (χ4v) is 2.33. The Labute approximate surface area is 85.7 Å². The van der Waals surface area contributed by atoms with Crippen LogP contribution >= 0.6 is 11.8 Å². The molecule has 0 aliphatic heterocycles. The molecule has 0 radical (unpaired) electrons. The maximum atomic E-state index is 2.33. The summed E-state index contributed by atoms with van der Waals surface area (Å²) in [7, 11) is 0. The lowest BCUT2D eigenvalue weighted by Crippen LogP contribution is -1.94. The predicted octanol–water partition coefficient (Wildman–Crippen LogP) is 4.15. The van der Waals surface area contributed by atoms with Crippen LogP contribution in [0.15, 0.2) is 17.0 Å². The van der Waals surface area contributed by atoms with E-state index in [9.17, 15) is 0 Å². The van der Waals surface area contributed by atoms with E-state index in [1.54, 1.807) is 0 Å². The summed E-state index contributed by atoms with van der Waals surface area (Å²) in [6.07, 6.45) is 2.14. The van der Waals surface area contributed by atoms with Crippen molar-refractivity contribution in [2.75, 3.05) is 6.26 Å². The third-order valence-electron chi connectivity index (χ3n) is 2.41. The van der Waals surface area contributed by atoms with Crippen molar-refractivity contribution in [3.8, 4) is 0 Å². The number of benzene rings is 1. The lowest BCUT2D eigenvalue weighted by Gasteiger charge is -2.13. The predicted molar refractivity (Wildman–Crippen MR) is 61.8 cm³/mol. The fraction of sp³-hybridized carbons (Fsp3) is 0.500. The van der Waals surface area contributed by atoms with Gasteiger partial charge in [-0.25, -0.2) is 0 Å². The average Bonchev–Trinajstić information content (AvgIpc) is 2.07. The first-order chi connectivity index (χ1) is 6.06. The first-order valence-corrected chi connectivity index (χ1v) is 5.94. The summed E-state index contributed by atoms with van der Waals surface area (Å²) in [5, 5.41) is 0. The quantitative estimate of drug-likeness (QED) is 0.637. The van der Waals surface area contributed by atoms with Crippen LogP contribution in [-0.4, -0.2) is 6.26 Å². The minimum Gasteiger partial charge on any atom is -0.129 e. The second kappa shape index (κ2) is 4.19. The van der Waals surface area contributed by atoms with Crippen LogP contribution < -0.4 is 0 Å². The van der Waals surface area contributed by atoms with Gasteiger partial charge >= 0.3 is 0 Å². The van der Waals surface area contributed by atoms with Gasteiger partial charge in [0.15, 0.2) is 0 Å². The van der Waals surface area contributed by atoms with Gasteiger partial charge in [0.05, 0.1) is 0 Å². The molecule has 72 valence electrons. The van der Waals surface area contributed by atoms with E-state index in [2.05, 4.69) is 46.1 Å². The standard InChI is InChI=1S/C12H18S/c1-8(2)11-6-10(4)12(13-5)7-9(11)3/h6-8H,1-5H3. The van der Waals surface area contributed by atoms with Crippen molar-refractivity contribution in [2.45, 2.75) is 38.5 Å². The molecule has 0 nitrogen and oxygen atoms in total. The molecule has 0 heterocycles. The Morgan fingerprint density at radius 2 is 1.69 bits per heavy atom. The summed E-state index contributed by atoms with van der Waals surface area (Å²) < 4.78 is 0.